The zero-order chi connectivity index (χ0) is 36.2. The molecule has 0 bridgehead atoms. The van der Waals surface area contributed by atoms with Crippen LogP contribution in [0.3, 0.4) is 0 Å². The van der Waals surface area contributed by atoms with Gasteiger partial charge in [0.15, 0.2) is 0 Å². The van der Waals surface area contributed by atoms with E-state index in [2.05, 4.69) is 202 Å². The van der Waals surface area contributed by atoms with E-state index < -0.39 is 0 Å². The van der Waals surface area contributed by atoms with Gasteiger partial charge in [0.05, 0.1) is 5.41 Å². The molecule has 0 spiro atoms. The minimum absolute atomic E-state index is 0.0567. The predicted molar refractivity (Wildman–Crippen MR) is 232 cm³/mol. The summed E-state index contributed by atoms with van der Waals surface area (Å²) in [5.41, 5.74) is 17.2. The Hall–Kier alpha value is -6.18. The SMILES string of the molecule is Cc1ccc2ccccc2c1B(c1cccc(-c2ccc(C3(c4ccccc4)C4=C(CCC=C4)c4ccccc43)cc2)c1)c1c(C)ccc2ccccc12. The minimum atomic E-state index is -0.354. The maximum Gasteiger partial charge on any atom is 0.243 e. The molecule has 256 valence electrons. The number of hydrogen-bond donors (Lipinski definition) is 0. The van der Waals surface area contributed by atoms with Crippen LogP contribution in [0.5, 0.6) is 0 Å². The first-order chi connectivity index (χ1) is 26.6. The van der Waals surface area contributed by atoms with E-state index in [4.69, 9.17) is 0 Å². The molecule has 0 amide bonds. The highest BCUT2D eigenvalue weighted by Crippen LogP contribution is 2.57. The molecule has 8 aromatic rings. The van der Waals surface area contributed by atoms with E-state index in [1.807, 2.05) is 0 Å². The Balaban J connectivity index is 1.15. The average molecular weight is 689 g/mol. The van der Waals surface area contributed by atoms with Gasteiger partial charge in [-0.3, -0.25) is 0 Å². The van der Waals surface area contributed by atoms with Crippen molar-refractivity contribution in [3.05, 3.63) is 227 Å². The third kappa shape index (κ3) is 4.99. The van der Waals surface area contributed by atoms with Crippen molar-refractivity contribution < 1.29 is 0 Å². The fraction of sp³-hybridized carbons (Fsp3) is 0.0943. The number of rotatable bonds is 6. The Morgan fingerprint density at radius 3 is 1.81 bits per heavy atom. The molecule has 10 rings (SSSR count). The second kappa shape index (κ2) is 13.0. The topological polar surface area (TPSA) is 0 Å². The lowest BCUT2D eigenvalue weighted by Crippen LogP contribution is -2.54. The smallest absolute Gasteiger partial charge is 0.0839 e. The normalized spacial score (nSPS) is 16.1. The second-order valence-electron chi connectivity index (χ2n) is 15.2. The van der Waals surface area contributed by atoms with Gasteiger partial charge >= 0.3 is 0 Å². The number of hydrogen-bond acceptors (Lipinski definition) is 0. The molecule has 1 unspecified atom stereocenters. The third-order valence-electron chi connectivity index (χ3n) is 12.3. The zero-order valence-electron chi connectivity index (χ0n) is 30.9. The summed E-state index contributed by atoms with van der Waals surface area (Å²) in [6.45, 7) is 4.62. The Morgan fingerprint density at radius 2 is 1.11 bits per heavy atom. The molecule has 0 nitrogen and oxygen atoms in total. The summed E-state index contributed by atoms with van der Waals surface area (Å²) in [7, 11) is 0. The van der Waals surface area contributed by atoms with E-state index in [0.717, 1.165) is 12.8 Å². The number of aryl methyl sites for hydroxylation is 2. The molecule has 8 aromatic carbocycles. The summed E-state index contributed by atoms with van der Waals surface area (Å²) in [6, 6.07) is 66.0. The van der Waals surface area contributed by atoms with Gasteiger partial charge < -0.3 is 0 Å². The van der Waals surface area contributed by atoms with Gasteiger partial charge in [0, 0.05) is 0 Å². The lowest BCUT2D eigenvalue weighted by molar-refractivity contribution is 0.757. The fourth-order valence-electron chi connectivity index (χ4n) is 9.85. The molecule has 0 heterocycles. The maximum absolute atomic E-state index is 2.45. The maximum atomic E-state index is 2.45. The first-order valence-electron chi connectivity index (χ1n) is 19.4. The van der Waals surface area contributed by atoms with E-state index >= 15 is 0 Å². The lowest BCUT2D eigenvalue weighted by Gasteiger charge is -2.35. The van der Waals surface area contributed by atoms with Crippen LogP contribution in [0.25, 0.3) is 38.2 Å². The molecule has 0 radical (unpaired) electrons. The van der Waals surface area contributed by atoms with Gasteiger partial charge in [0.1, 0.15) is 0 Å². The highest BCUT2D eigenvalue weighted by Gasteiger charge is 2.47. The van der Waals surface area contributed by atoms with Crippen LogP contribution in [-0.4, -0.2) is 6.71 Å². The lowest BCUT2D eigenvalue weighted by atomic mass is 9.34. The van der Waals surface area contributed by atoms with Gasteiger partial charge in [-0.1, -0.05) is 216 Å². The van der Waals surface area contributed by atoms with Crippen molar-refractivity contribution in [2.75, 3.05) is 0 Å². The second-order valence-corrected chi connectivity index (χ2v) is 15.2. The highest BCUT2D eigenvalue weighted by molar-refractivity contribution is 6.98. The van der Waals surface area contributed by atoms with Crippen molar-refractivity contribution in [1.82, 2.24) is 0 Å². The third-order valence-corrected chi connectivity index (χ3v) is 12.3. The molecule has 0 N–H and O–H groups in total. The highest BCUT2D eigenvalue weighted by atomic mass is 14.5. The summed E-state index contributed by atoms with van der Waals surface area (Å²) in [4.78, 5) is 0. The average Bonchev–Trinajstić information content (AvgIpc) is 3.54. The van der Waals surface area contributed by atoms with Gasteiger partial charge in [-0.25, -0.2) is 0 Å². The van der Waals surface area contributed by atoms with Crippen LogP contribution in [0.1, 0.15) is 46.2 Å². The molecule has 1 atom stereocenters. The van der Waals surface area contributed by atoms with Gasteiger partial charge in [-0.05, 0) is 92.8 Å². The van der Waals surface area contributed by atoms with Gasteiger partial charge in [0.25, 0.3) is 0 Å². The minimum Gasteiger partial charge on any atom is -0.0839 e. The summed E-state index contributed by atoms with van der Waals surface area (Å²) in [6.07, 6.45) is 6.95. The molecule has 1 heteroatoms. The van der Waals surface area contributed by atoms with Crippen LogP contribution in [0.4, 0.5) is 0 Å². The van der Waals surface area contributed by atoms with Crippen LogP contribution in [0, 0.1) is 13.8 Å². The summed E-state index contributed by atoms with van der Waals surface area (Å²) >= 11 is 0. The Kier molecular flexibility index (Phi) is 7.84. The Bertz CT molecular complexity index is 2700. The van der Waals surface area contributed by atoms with E-state index in [1.54, 1.807) is 0 Å². The van der Waals surface area contributed by atoms with E-state index in [-0.39, 0.29) is 12.1 Å². The molecule has 0 saturated carbocycles. The van der Waals surface area contributed by atoms with Gasteiger partial charge in [-0.15, -0.1) is 0 Å². The van der Waals surface area contributed by atoms with Crippen LogP contribution < -0.4 is 16.4 Å². The molecule has 54 heavy (non-hydrogen) atoms. The first kappa shape index (κ1) is 32.5. The molecule has 0 fully saturated rings. The van der Waals surface area contributed by atoms with E-state index in [9.17, 15) is 0 Å². The zero-order valence-corrected chi connectivity index (χ0v) is 30.9. The summed E-state index contributed by atoms with van der Waals surface area (Å²) < 4.78 is 0. The Labute approximate surface area is 319 Å². The molecule has 0 aliphatic heterocycles. The number of benzene rings is 8. The number of allylic oxidation sites excluding steroid dienone is 4. The van der Waals surface area contributed by atoms with Crippen molar-refractivity contribution >= 4 is 50.2 Å². The largest absolute Gasteiger partial charge is 0.243 e. The van der Waals surface area contributed by atoms with Crippen LogP contribution in [0.15, 0.2) is 194 Å². The summed E-state index contributed by atoms with van der Waals surface area (Å²) in [5, 5.41) is 5.19. The summed E-state index contributed by atoms with van der Waals surface area (Å²) in [5.74, 6) is 0. The van der Waals surface area contributed by atoms with Crippen molar-refractivity contribution in [2.24, 2.45) is 0 Å². The Morgan fingerprint density at radius 1 is 0.500 bits per heavy atom. The number of fused-ring (bicyclic) bond motifs is 4. The molecule has 2 aliphatic carbocycles. The van der Waals surface area contributed by atoms with Crippen molar-refractivity contribution in [1.29, 1.82) is 0 Å². The van der Waals surface area contributed by atoms with Crippen LogP contribution >= 0.6 is 0 Å². The standard InChI is InChI=1S/C53H41B/c1-36-27-29-39-15-6-8-21-45(39)51(36)54(52-37(2)28-30-40-16-7-9-22-46(40)52)44-20-14-17-41(35-44)38-31-33-43(34-32-38)53(42-18-4-3-5-19-42)49-25-12-10-23-47(49)48-24-11-13-26-50(48)53/h3-10,12-23,25-35H,11,24H2,1-2H3. The molecular weight excluding hydrogens is 647 g/mol. The quantitative estimate of drug-likeness (QED) is 0.153. The predicted octanol–water partition coefficient (Wildman–Crippen LogP) is 11.2. The van der Waals surface area contributed by atoms with Crippen molar-refractivity contribution in [2.45, 2.75) is 32.1 Å². The molecule has 0 aromatic heterocycles. The molecule has 2 aliphatic rings. The van der Waals surface area contributed by atoms with E-state index in [0.29, 0.717) is 0 Å². The van der Waals surface area contributed by atoms with Gasteiger partial charge in [0.2, 0.25) is 6.71 Å². The van der Waals surface area contributed by atoms with Crippen LogP contribution in [-0.2, 0) is 5.41 Å². The molecular formula is C53H41B. The first-order valence-corrected chi connectivity index (χ1v) is 19.4. The van der Waals surface area contributed by atoms with Crippen LogP contribution in [0.2, 0.25) is 0 Å². The monoisotopic (exact) mass is 688 g/mol. The van der Waals surface area contributed by atoms with Crippen molar-refractivity contribution in [3.63, 3.8) is 0 Å². The molecule has 0 saturated heterocycles. The van der Waals surface area contributed by atoms with Crippen molar-refractivity contribution in [3.8, 4) is 11.1 Å². The fourth-order valence-corrected chi connectivity index (χ4v) is 9.85. The van der Waals surface area contributed by atoms with Gasteiger partial charge in [-0.2, -0.15) is 0 Å². The van der Waals surface area contributed by atoms with E-state index in [1.165, 1.54) is 93.6 Å².